The topological polar surface area (TPSA) is 111 Å². The molecule has 2 amide bonds. The summed E-state index contributed by atoms with van der Waals surface area (Å²) in [5, 5.41) is 1.37. The molecule has 1 atom stereocenters. The molecule has 158 valence electrons. The average molecular weight is 441 g/mol. The van der Waals surface area contributed by atoms with E-state index in [4.69, 9.17) is 9.15 Å². The number of ketones is 1. The minimum atomic E-state index is -0.501. The van der Waals surface area contributed by atoms with E-state index in [0.29, 0.717) is 29.2 Å². The van der Waals surface area contributed by atoms with E-state index in [1.165, 1.54) is 30.5 Å². The number of aryl methyl sites for hydroxylation is 1. The quantitative estimate of drug-likeness (QED) is 0.556. The second-order valence-electron chi connectivity index (χ2n) is 6.72. The first-order valence-corrected chi connectivity index (χ1v) is 10.1. The van der Waals surface area contributed by atoms with E-state index in [9.17, 15) is 18.8 Å². The van der Waals surface area contributed by atoms with Crippen LogP contribution in [0, 0.1) is 12.7 Å². The van der Waals surface area contributed by atoms with E-state index in [-0.39, 0.29) is 40.9 Å². The number of carbonyl (C=O) groups excluding carboxylic acids is 3. The minimum absolute atomic E-state index is 0.137. The number of hydrogen-bond donors (Lipinski definition) is 1. The highest BCUT2D eigenvalue weighted by molar-refractivity contribution is 8.15. The van der Waals surface area contributed by atoms with Crippen LogP contribution in [0.5, 0.6) is 5.75 Å². The molecular weight excluding hydrogens is 425 g/mol. The Morgan fingerprint density at radius 1 is 1.23 bits per heavy atom. The second kappa shape index (κ2) is 8.68. The number of thioether (sulfide) groups is 1. The lowest BCUT2D eigenvalue weighted by atomic mass is 10.2. The molecule has 0 aliphatic carbocycles. The molecule has 0 saturated carbocycles. The molecule has 1 N–H and O–H groups in total. The third-order valence-corrected chi connectivity index (χ3v) is 5.46. The van der Waals surface area contributed by atoms with Crippen molar-refractivity contribution >= 4 is 28.7 Å². The van der Waals surface area contributed by atoms with Crippen molar-refractivity contribution in [2.75, 3.05) is 6.61 Å². The summed E-state index contributed by atoms with van der Waals surface area (Å²) >= 11 is 0.937. The second-order valence-corrected chi connectivity index (χ2v) is 7.89. The van der Waals surface area contributed by atoms with Crippen molar-refractivity contribution in [2.45, 2.75) is 18.6 Å². The van der Waals surface area contributed by atoms with Gasteiger partial charge in [0, 0.05) is 17.7 Å². The van der Waals surface area contributed by atoms with Crippen LogP contribution >= 0.6 is 11.8 Å². The van der Waals surface area contributed by atoms with Crippen molar-refractivity contribution in [3.8, 4) is 17.2 Å². The number of nitrogens with zero attached hydrogens (tertiary/aromatic N) is 2. The number of Topliss-reactive ketones (excluding diaryl/α,β-unsaturated/α-hetero) is 1. The highest BCUT2D eigenvalue weighted by Gasteiger charge is 2.31. The van der Waals surface area contributed by atoms with Gasteiger partial charge in [0.1, 0.15) is 17.3 Å². The third kappa shape index (κ3) is 4.80. The predicted octanol–water partition coefficient (Wildman–Crippen LogP) is 3.34. The number of imide groups is 1. The summed E-state index contributed by atoms with van der Waals surface area (Å²) in [4.78, 5) is 43.8. The zero-order valence-electron chi connectivity index (χ0n) is 16.3. The summed E-state index contributed by atoms with van der Waals surface area (Å²) < 4.78 is 24.1. The largest absolute Gasteiger partial charge is 0.484 e. The van der Waals surface area contributed by atoms with Crippen molar-refractivity contribution in [3.05, 3.63) is 65.6 Å². The van der Waals surface area contributed by atoms with Crippen LogP contribution in [0.2, 0.25) is 0 Å². The van der Waals surface area contributed by atoms with Crippen LogP contribution in [0.25, 0.3) is 11.5 Å². The molecule has 0 bridgehead atoms. The zero-order valence-corrected chi connectivity index (χ0v) is 17.1. The van der Waals surface area contributed by atoms with Crippen molar-refractivity contribution in [2.24, 2.45) is 0 Å². The zero-order chi connectivity index (χ0) is 22.0. The maximum absolute atomic E-state index is 13.1. The summed E-state index contributed by atoms with van der Waals surface area (Å²) in [6.07, 6.45) is 1.76. The predicted molar refractivity (Wildman–Crippen MR) is 109 cm³/mol. The Morgan fingerprint density at radius 3 is 2.65 bits per heavy atom. The van der Waals surface area contributed by atoms with Gasteiger partial charge in [-0.25, -0.2) is 9.37 Å². The number of pyridine rings is 1. The fourth-order valence-corrected chi connectivity index (χ4v) is 3.76. The standard InChI is InChI=1S/C21H16FN3O5S/c1-11-18(24-20(30-11)12-2-4-13(22)5-3-12)16(26)10-29-15-7-6-14(23-9-15)8-17-19(27)25-21(28)31-17/h2-7,9,17H,8,10H2,1H3,(H,25,27,28). The molecule has 8 nitrogen and oxygen atoms in total. The van der Waals surface area contributed by atoms with Crippen LogP contribution in [0.15, 0.2) is 47.0 Å². The first-order chi connectivity index (χ1) is 14.9. The van der Waals surface area contributed by atoms with Gasteiger partial charge in [-0.15, -0.1) is 0 Å². The van der Waals surface area contributed by atoms with Crippen molar-refractivity contribution in [1.29, 1.82) is 0 Å². The molecule has 3 heterocycles. The number of ether oxygens (including phenoxy) is 1. The van der Waals surface area contributed by atoms with Gasteiger partial charge in [-0.3, -0.25) is 24.7 Å². The van der Waals surface area contributed by atoms with E-state index in [1.54, 1.807) is 19.1 Å². The first-order valence-electron chi connectivity index (χ1n) is 9.25. The van der Waals surface area contributed by atoms with Gasteiger partial charge in [0.25, 0.3) is 5.24 Å². The number of nitrogens with one attached hydrogen (secondary N) is 1. The Morgan fingerprint density at radius 2 is 2.00 bits per heavy atom. The molecule has 2 aromatic heterocycles. The van der Waals surface area contributed by atoms with Gasteiger partial charge in [0.2, 0.25) is 17.6 Å². The van der Waals surface area contributed by atoms with Crippen LogP contribution in [0.1, 0.15) is 21.9 Å². The lowest BCUT2D eigenvalue weighted by Crippen LogP contribution is -2.25. The Kier molecular flexibility index (Phi) is 5.81. The van der Waals surface area contributed by atoms with Crippen LogP contribution in [-0.2, 0) is 11.2 Å². The molecule has 1 saturated heterocycles. The molecule has 4 rings (SSSR count). The van der Waals surface area contributed by atoms with Crippen molar-refractivity contribution < 1.29 is 27.9 Å². The lowest BCUT2D eigenvalue weighted by molar-refractivity contribution is -0.118. The molecule has 3 aromatic rings. The normalized spacial score (nSPS) is 15.7. The molecule has 0 spiro atoms. The first kappa shape index (κ1) is 20.7. The number of benzene rings is 1. The highest BCUT2D eigenvalue weighted by atomic mass is 32.2. The van der Waals surface area contributed by atoms with Gasteiger partial charge >= 0.3 is 0 Å². The SMILES string of the molecule is Cc1oc(-c2ccc(F)cc2)nc1C(=O)COc1ccc(CC2SC(=O)NC2=O)nc1. The van der Waals surface area contributed by atoms with Gasteiger partial charge in [-0.1, -0.05) is 11.8 Å². The highest BCUT2D eigenvalue weighted by Crippen LogP contribution is 2.24. The Bertz CT molecular complexity index is 1140. The lowest BCUT2D eigenvalue weighted by Gasteiger charge is -2.07. The third-order valence-electron chi connectivity index (χ3n) is 4.48. The van der Waals surface area contributed by atoms with Crippen molar-refractivity contribution in [3.63, 3.8) is 0 Å². The van der Waals surface area contributed by atoms with E-state index < -0.39 is 5.25 Å². The Hall–Kier alpha value is -3.53. The maximum atomic E-state index is 13.1. The molecule has 1 aliphatic heterocycles. The molecule has 1 aliphatic rings. The summed E-state index contributed by atoms with van der Waals surface area (Å²) in [5.74, 6) is -0.156. The average Bonchev–Trinajstić information content (AvgIpc) is 3.29. The van der Waals surface area contributed by atoms with E-state index in [2.05, 4.69) is 15.3 Å². The van der Waals surface area contributed by atoms with E-state index in [1.807, 2.05) is 0 Å². The van der Waals surface area contributed by atoms with E-state index >= 15 is 0 Å². The number of carbonyl (C=O) groups is 3. The number of rotatable bonds is 7. The maximum Gasteiger partial charge on any atom is 0.286 e. The Balaban J connectivity index is 1.36. The van der Waals surface area contributed by atoms with Gasteiger partial charge in [-0.05, 0) is 43.3 Å². The molecule has 0 radical (unpaired) electrons. The number of aromatic nitrogens is 2. The fourth-order valence-electron chi connectivity index (χ4n) is 2.92. The van der Waals surface area contributed by atoms with Gasteiger partial charge in [0.05, 0.1) is 11.4 Å². The van der Waals surface area contributed by atoms with Crippen LogP contribution in [-0.4, -0.2) is 38.8 Å². The van der Waals surface area contributed by atoms with Crippen LogP contribution in [0.4, 0.5) is 9.18 Å². The number of amides is 2. The van der Waals surface area contributed by atoms with Gasteiger partial charge < -0.3 is 9.15 Å². The van der Waals surface area contributed by atoms with Crippen LogP contribution < -0.4 is 10.1 Å². The summed E-state index contributed by atoms with van der Waals surface area (Å²) in [7, 11) is 0. The molecular formula is C21H16FN3O5S. The number of hydrogen-bond acceptors (Lipinski definition) is 8. The van der Waals surface area contributed by atoms with Gasteiger partial charge in [0.15, 0.2) is 12.3 Å². The Labute approximate surface area is 180 Å². The molecule has 1 fully saturated rings. The summed E-state index contributed by atoms with van der Waals surface area (Å²) in [6, 6.07) is 8.90. The molecule has 1 aromatic carbocycles. The van der Waals surface area contributed by atoms with Crippen LogP contribution in [0.3, 0.4) is 0 Å². The van der Waals surface area contributed by atoms with Crippen molar-refractivity contribution in [1.82, 2.24) is 15.3 Å². The summed E-state index contributed by atoms with van der Waals surface area (Å²) in [5.41, 5.74) is 1.32. The number of oxazole rings is 1. The molecule has 1 unspecified atom stereocenters. The van der Waals surface area contributed by atoms with E-state index in [0.717, 1.165) is 11.8 Å². The smallest absolute Gasteiger partial charge is 0.286 e. The number of halogens is 1. The molecule has 10 heteroatoms. The molecule has 31 heavy (non-hydrogen) atoms. The van der Waals surface area contributed by atoms with Gasteiger partial charge in [-0.2, -0.15) is 0 Å². The monoisotopic (exact) mass is 441 g/mol. The fraction of sp³-hybridized carbons (Fsp3) is 0.190. The summed E-state index contributed by atoms with van der Waals surface area (Å²) in [6.45, 7) is 1.35. The minimum Gasteiger partial charge on any atom is -0.484 e.